The number of benzene rings is 1. The molecule has 2 rings (SSSR count). The van der Waals surface area contributed by atoms with Gasteiger partial charge in [0.25, 0.3) is 0 Å². The zero-order valence-corrected chi connectivity index (χ0v) is 13.8. The topological polar surface area (TPSA) is 77.1 Å². The average molecular weight is 343 g/mol. The second kappa shape index (κ2) is 8.14. The Hall–Kier alpha value is -1.83. The van der Waals surface area contributed by atoms with E-state index in [1.165, 1.54) is 26.4 Å². The summed E-state index contributed by atoms with van der Waals surface area (Å²) in [5, 5.41) is 2.97. The zero-order chi connectivity index (χ0) is 16.8. The van der Waals surface area contributed by atoms with E-state index in [0.29, 0.717) is 32.0 Å². The molecule has 23 heavy (non-hydrogen) atoms. The predicted molar refractivity (Wildman–Crippen MR) is 85.2 cm³/mol. The Morgan fingerprint density at radius 2 is 2.00 bits per heavy atom. The summed E-state index contributed by atoms with van der Waals surface area (Å²) < 4.78 is 15.1. The van der Waals surface area contributed by atoms with E-state index in [2.05, 4.69) is 10.1 Å². The van der Waals surface area contributed by atoms with E-state index >= 15 is 0 Å². The molecule has 1 heterocycles. The van der Waals surface area contributed by atoms with Crippen LogP contribution in [-0.4, -0.2) is 63.8 Å². The average Bonchev–Trinajstić information content (AvgIpc) is 2.56. The number of carbonyl (C=O) groups is 2. The minimum Gasteiger partial charge on any atom is -0.496 e. The SMILES string of the molecule is COC(=O)c1cc(Cl)c(NC(=O)CN2CCOCC2)cc1OC. The molecular weight excluding hydrogens is 324 g/mol. The number of halogens is 1. The number of carbonyl (C=O) groups excluding carboxylic acids is 2. The van der Waals surface area contributed by atoms with Gasteiger partial charge in [-0.1, -0.05) is 11.6 Å². The molecule has 7 nitrogen and oxygen atoms in total. The van der Waals surface area contributed by atoms with Crippen molar-refractivity contribution in [2.24, 2.45) is 0 Å². The maximum absolute atomic E-state index is 12.1. The monoisotopic (exact) mass is 342 g/mol. The molecule has 1 aliphatic rings. The van der Waals surface area contributed by atoms with Gasteiger partial charge in [0.1, 0.15) is 11.3 Å². The molecule has 8 heteroatoms. The van der Waals surface area contributed by atoms with E-state index in [4.69, 9.17) is 21.1 Å². The number of esters is 1. The summed E-state index contributed by atoms with van der Waals surface area (Å²) in [6.07, 6.45) is 0. The summed E-state index contributed by atoms with van der Waals surface area (Å²) >= 11 is 6.13. The van der Waals surface area contributed by atoms with E-state index in [1.54, 1.807) is 0 Å². The molecule has 1 saturated heterocycles. The largest absolute Gasteiger partial charge is 0.496 e. The second-order valence-corrected chi connectivity index (χ2v) is 5.37. The summed E-state index contributed by atoms with van der Waals surface area (Å²) in [6.45, 7) is 2.92. The Balaban J connectivity index is 2.09. The number of nitrogens with zero attached hydrogens (tertiary/aromatic N) is 1. The molecule has 0 radical (unpaired) electrons. The van der Waals surface area contributed by atoms with Crippen LogP contribution >= 0.6 is 11.6 Å². The molecule has 0 aliphatic carbocycles. The first-order chi connectivity index (χ1) is 11.0. The highest BCUT2D eigenvalue weighted by Crippen LogP contribution is 2.31. The number of morpholine rings is 1. The van der Waals surface area contributed by atoms with Gasteiger partial charge in [-0.2, -0.15) is 0 Å². The van der Waals surface area contributed by atoms with Crippen LogP contribution in [-0.2, 0) is 14.3 Å². The van der Waals surface area contributed by atoms with Crippen molar-refractivity contribution in [1.82, 2.24) is 4.90 Å². The van der Waals surface area contributed by atoms with E-state index < -0.39 is 5.97 Å². The van der Waals surface area contributed by atoms with Crippen LogP contribution in [0.25, 0.3) is 0 Å². The number of amides is 1. The fourth-order valence-corrected chi connectivity index (χ4v) is 2.45. The van der Waals surface area contributed by atoms with Crippen LogP contribution in [0.5, 0.6) is 5.75 Å². The lowest BCUT2D eigenvalue weighted by Crippen LogP contribution is -2.41. The molecule has 126 valence electrons. The van der Waals surface area contributed by atoms with Crippen LogP contribution in [0.1, 0.15) is 10.4 Å². The first kappa shape index (κ1) is 17.5. The number of rotatable bonds is 5. The normalized spacial score (nSPS) is 15.1. The van der Waals surface area contributed by atoms with Crippen LogP contribution in [0.3, 0.4) is 0 Å². The number of anilines is 1. The number of hydrogen-bond acceptors (Lipinski definition) is 6. The van der Waals surface area contributed by atoms with Gasteiger partial charge < -0.3 is 19.5 Å². The molecule has 1 amide bonds. The predicted octanol–water partition coefficient (Wildman–Crippen LogP) is 1.41. The van der Waals surface area contributed by atoms with Crippen molar-refractivity contribution < 1.29 is 23.8 Å². The molecule has 1 fully saturated rings. The van der Waals surface area contributed by atoms with Crippen molar-refractivity contribution in [2.75, 3.05) is 52.4 Å². The van der Waals surface area contributed by atoms with Gasteiger partial charge in [0.15, 0.2) is 0 Å². The molecular formula is C15H19ClN2O5. The van der Waals surface area contributed by atoms with E-state index in [1.807, 2.05) is 4.90 Å². The zero-order valence-electron chi connectivity index (χ0n) is 13.1. The second-order valence-electron chi connectivity index (χ2n) is 4.96. The molecule has 0 saturated carbocycles. The third-order valence-electron chi connectivity index (χ3n) is 3.44. The van der Waals surface area contributed by atoms with Crippen LogP contribution < -0.4 is 10.1 Å². The van der Waals surface area contributed by atoms with Crippen molar-refractivity contribution in [3.63, 3.8) is 0 Å². The minimum absolute atomic E-state index is 0.193. The highest BCUT2D eigenvalue weighted by atomic mass is 35.5. The summed E-state index contributed by atoms with van der Waals surface area (Å²) in [6, 6.07) is 2.92. The fraction of sp³-hybridized carbons (Fsp3) is 0.467. The highest BCUT2D eigenvalue weighted by Gasteiger charge is 2.19. The lowest BCUT2D eigenvalue weighted by Gasteiger charge is -2.25. The minimum atomic E-state index is -0.560. The molecule has 1 aromatic carbocycles. The molecule has 0 aromatic heterocycles. The van der Waals surface area contributed by atoms with Crippen molar-refractivity contribution >= 4 is 29.2 Å². The van der Waals surface area contributed by atoms with E-state index in [9.17, 15) is 9.59 Å². The molecule has 1 N–H and O–H groups in total. The van der Waals surface area contributed by atoms with Gasteiger partial charge in [-0.25, -0.2) is 4.79 Å². The molecule has 1 aliphatic heterocycles. The van der Waals surface area contributed by atoms with Crippen LogP contribution in [0.2, 0.25) is 5.02 Å². The van der Waals surface area contributed by atoms with Gasteiger partial charge in [-0.15, -0.1) is 0 Å². The van der Waals surface area contributed by atoms with Crippen molar-refractivity contribution in [3.8, 4) is 5.75 Å². The maximum atomic E-state index is 12.1. The molecule has 0 unspecified atom stereocenters. The Kier molecular flexibility index (Phi) is 6.20. The first-order valence-electron chi connectivity index (χ1n) is 7.11. The van der Waals surface area contributed by atoms with Crippen LogP contribution in [0.4, 0.5) is 5.69 Å². The summed E-state index contributed by atoms with van der Waals surface area (Å²) in [7, 11) is 2.70. The molecule has 0 spiro atoms. The van der Waals surface area contributed by atoms with Gasteiger partial charge >= 0.3 is 5.97 Å². The van der Waals surface area contributed by atoms with E-state index in [-0.39, 0.29) is 28.8 Å². The highest BCUT2D eigenvalue weighted by molar-refractivity contribution is 6.34. The third-order valence-corrected chi connectivity index (χ3v) is 3.75. The number of methoxy groups -OCH3 is 2. The summed E-state index contributed by atoms with van der Waals surface area (Å²) in [4.78, 5) is 25.8. The van der Waals surface area contributed by atoms with Gasteiger partial charge in [0.2, 0.25) is 5.91 Å². The smallest absolute Gasteiger partial charge is 0.341 e. The van der Waals surface area contributed by atoms with Crippen molar-refractivity contribution in [2.45, 2.75) is 0 Å². The Morgan fingerprint density at radius 1 is 1.30 bits per heavy atom. The lowest BCUT2D eigenvalue weighted by molar-refractivity contribution is -0.118. The quantitative estimate of drug-likeness (QED) is 0.815. The molecule has 0 atom stereocenters. The summed E-state index contributed by atoms with van der Waals surface area (Å²) in [5.41, 5.74) is 0.584. The van der Waals surface area contributed by atoms with Crippen LogP contribution in [0.15, 0.2) is 12.1 Å². The Bertz CT molecular complexity index is 587. The number of ether oxygens (including phenoxy) is 3. The standard InChI is InChI=1S/C15H19ClN2O5/c1-21-13-8-12(11(16)7-10(13)15(20)22-2)17-14(19)9-18-3-5-23-6-4-18/h7-8H,3-6,9H2,1-2H3,(H,17,19). The molecule has 0 bridgehead atoms. The summed E-state index contributed by atoms with van der Waals surface area (Å²) in [5.74, 6) is -0.473. The van der Waals surface area contributed by atoms with Gasteiger partial charge in [0.05, 0.1) is 44.7 Å². The van der Waals surface area contributed by atoms with Crippen molar-refractivity contribution in [3.05, 3.63) is 22.7 Å². The Morgan fingerprint density at radius 3 is 2.61 bits per heavy atom. The molecule has 1 aromatic rings. The number of nitrogens with one attached hydrogen (secondary N) is 1. The first-order valence-corrected chi connectivity index (χ1v) is 7.48. The maximum Gasteiger partial charge on any atom is 0.341 e. The van der Waals surface area contributed by atoms with Crippen molar-refractivity contribution in [1.29, 1.82) is 0 Å². The third kappa shape index (κ3) is 4.57. The van der Waals surface area contributed by atoms with Gasteiger partial charge in [-0.3, -0.25) is 9.69 Å². The van der Waals surface area contributed by atoms with Gasteiger partial charge in [-0.05, 0) is 6.07 Å². The fourth-order valence-electron chi connectivity index (χ4n) is 2.24. The number of hydrogen-bond donors (Lipinski definition) is 1. The van der Waals surface area contributed by atoms with Crippen LogP contribution in [0, 0.1) is 0 Å². The Labute approximate surface area is 139 Å². The van der Waals surface area contributed by atoms with E-state index in [0.717, 1.165) is 0 Å². The lowest BCUT2D eigenvalue weighted by atomic mass is 10.1. The van der Waals surface area contributed by atoms with Gasteiger partial charge in [0, 0.05) is 19.2 Å².